The van der Waals surface area contributed by atoms with Gasteiger partial charge in [0.1, 0.15) is 0 Å². The number of benzene rings is 1. The molecule has 2 heterocycles. The van der Waals surface area contributed by atoms with E-state index in [1.165, 1.54) is 4.90 Å². The highest BCUT2D eigenvalue weighted by Crippen LogP contribution is 2.32. The molecule has 3 rings (SSSR count). The molecule has 1 aliphatic rings. The second-order valence-electron chi connectivity index (χ2n) is 5.41. The summed E-state index contributed by atoms with van der Waals surface area (Å²) in [6.07, 6.45) is 0.943. The van der Waals surface area contributed by atoms with Crippen LogP contribution < -0.4 is 0 Å². The summed E-state index contributed by atoms with van der Waals surface area (Å²) in [6.45, 7) is 6.03. The number of aryl methyl sites for hydroxylation is 2. The highest BCUT2D eigenvalue weighted by Gasteiger charge is 2.35. The second-order valence-corrected chi connectivity index (χ2v) is 5.41. The number of amides is 2. The van der Waals surface area contributed by atoms with Crippen molar-refractivity contribution in [1.82, 2.24) is 14.7 Å². The molecular weight excluding hydrogens is 278 g/mol. The third kappa shape index (κ3) is 2.63. The van der Waals surface area contributed by atoms with Gasteiger partial charge in [-0.3, -0.25) is 19.2 Å². The zero-order valence-corrected chi connectivity index (χ0v) is 13.9. The zero-order chi connectivity index (χ0) is 16.4. The monoisotopic (exact) mass is 301 g/mol. The summed E-state index contributed by atoms with van der Waals surface area (Å²) in [6, 6.07) is 6.10. The maximum absolute atomic E-state index is 12.3. The molecule has 2 amide bonds. The van der Waals surface area contributed by atoms with Crippen LogP contribution in [-0.4, -0.2) is 33.5 Å². The summed E-state index contributed by atoms with van der Waals surface area (Å²) in [4.78, 5) is 25.1. The van der Waals surface area contributed by atoms with E-state index in [0.717, 1.165) is 22.2 Å². The summed E-state index contributed by atoms with van der Waals surface area (Å²) < 4.78 is 1.81. The van der Waals surface area contributed by atoms with Crippen LogP contribution in [0.15, 0.2) is 18.2 Å². The second kappa shape index (κ2) is 6.30. The number of piperidine rings is 1. The molecule has 118 valence electrons. The number of fused-ring (bicyclic) bond motifs is 1. The van der Waals surface area contributed by atoms with E-state index in [1.54, 1.807) is 11.7 Å². The molecule has 1 aromatic carbocycles. The topological polar surface area (TPSA) is 55.2 Å². The van der Waals surface area contributed by atoms with Crippen molar-refractivity contribution >= 4 is 22.7 Å². The number of likely N-dealkylation sites (tertiary alicyclic amines) is 1. The van der Waals surface area contributed by atoms with Crippen molar-refractivity contribution in [3.8, 4) is 0 Å². The van der Waals surface area contributed by atoms with Crippen LogP contribution in [0, 0.1) is 6.92 Å². The first-order valence-corrected chi connectivity index (χ1v) is 7.72. The van der Waals surface area contributed by atoms with Gasteiger partial charge < -0.3 is 0 Å². The van der Waals surface area contributed by atoms with Crippen LogP contribution in [0.4, 0.5) is 0 Å². The number of hydrogen-bond donors (Lipinski definition) is 0. The minimum Gasteiger partial charge on any atom is -0.285 e. The van der Waals surface area contributed by atoms with Crippen molar-refractivity contribution < 1.29 is 9.59 Å². The van der Waals surface area contributed by atoms with E-state index in [-0.39, 0.29) is 17.7 Å². The molecule has 0 spiro atoms. The van der Waals surface area contributed by atoms with Crippen molar-refractivity contribution in [3.63, 3.8) is 0 Å². The molecule has 22 heavy (non-hydrogen) atoms. The Bertz CT molecular complexity index is 718. The molecule has 1 fully saturated rings. The molecule has 5 heteroatoms. The maximum Gasteiger partial charge on any atom is 0.238 e. The van der Waals surface area contributed by atoms with Gasteiger partial charge in [-0.25, -0.2) is 0 Å². The Hall–Kier alpha value is -2.17. The Kier molecular flexibility index (Phi) is 4.64. The van der Waals surface area contributed by atoms with Crippen LogP contribution in [0.5, 0.6) is 0 Å². The van der Waals surface area contributed by atoms with Crippen LogP contribution >= 0.6 is 0 Å². The van der Waals surface area contributed by atoms with Crippen molar-refractivity contribution in [3.05, 3.63) is 29.5 Å². The number of carbonyl (C=O) groups excluding carboxylic acids is 2. The summed E-state index contributed by atoms with van der Waals surface area (Å²) in [7, 11) is 3.43. The lowest BCUT2D eigenvalue weighted by Crippen LogP contribution is -2.41. The number of likely N-dealkylation sites (N-methyl/N-ethyl adjacent to an activating group) is 1. The van der Waals surface area contributed by atoms with Gasteiger partial charge >= 0.3 is 0 Å². The average molecular weight is 301 g/mol. The number of nitrogens with zero attached hydrogens (tertiary/aromatic N) is 3. The van der Waals surface area contributed by atoms with Gasteiger partial charge in [-0.05, 0) is 25.0 Å². The smallest absolute Gasteiger partial charge is 0.238 e. The fourth-order valence-corrected chi connectivity index (χ4v) is 2.82. The fraction of sp³-hybridized carbons (Fsp3) is 0.471. The first-order chi connectivity index (χ1) is 10.5. The van der Waals surface area contributed by atoms with E-state index in [1.807, 2.05) is 40.0 Å². The molecule has 1 saturated heterocycles. The average Bonchev–Trinajstić information content (AvgIpc) is 2.84. The minimum atomic E-state index is -0.316. The van der Waals surface area contributed by atoms with Gasteiger partial charge in [0.05, 0.1) is 17.1 Å². The number of aromatic nitrogens is 2. The molecule has 0 saturated carbocycles. The van der Waals surface area contributed by atoms with Crippen LogP contribution in [0.1, 0.15) is 43.9 Å². The Morgan fingerprint density at radius 2 is 1.86 bits per heavy atom. The summed E-state index contributed by atoms with van der Waals surface area (Å²) in [5.41, 5.74) is 2.97. The van der Waals surface area contributed by atoms with Crippen LogP contribution in [-0.2, 0) is 16.6 Å². The van der Waals surface area contributed by atoms with E-state index in [9.17, 15) is 9.59 Å². The van der Waals surface area contributed by atoms with E-state index in [2.05, 4.69) is 11.2 Å². The van der Waals surface area contributed by atoms with Gasteiger partial charge in [0, 0.05) is 25.9 Å². The molecule has 1 aliphatic heterocycles. The van der Waals surface area contributed by atoms with Gasteiger partial charge in [-0.1, -0.05) is 26.0 Å². The van der Waals surface area contributed by atoms with E-state index in [0.29, 0.717) is 12.8 Å². The minimum absolute atomic E-state index is 0.109. The predicted molar refractivity (Wildman–Crippen MR) is 86.6 cm³/mol. The van der Waals surface area contributed by atoms with Crippen molar-refractivity contribution in [2.75, 3.05) is 7.05 Å². The van der Waals surface area contributed by atoms with E-state index in [4.69, 9.17) is 0 Å². The predicted octanol–water partition coefficient (Wildman–Crippen LogP) is 2.77. The molecule has 2 aromatic rings. The molecule has 1 unspecified atom stereocenters. The van der Waals surface area contributed by atoms with Crippen LogP contribution in [0.3, 0.4) is 0 Å². The normalized spacial score (nSPS) is 18.4. The van der Waals surface area contributed by atoms with Crippen LogP contribution in [0.2, 0.25) is 0 Å². The standard InChI is InChI=1S/C15H17N3O2.C2H6/c1-9-4-5-10-12(8-9)18(3)16-14(10)11-6-7-13(19)17(2)15(11)20;1-2/h4-5,8,11H,6-7H2,1-3H3;1-2H3. The van der Waals surface area contributed by atoms with Gasteiger partial charge in [0.2, 0.25) is 11.8 Å². The van der Waals surface area contributed by atoms with Crippen molar-refractivity contribution in [2.45, 2.75) is 39.5 Å². The molecule has 0 N–H and O–H groups in total. The SMILES string of the molecule is CC.Cc1ccc2c(C3CCC(=O)N(C)C3=O)nn(C)c2c1. The number of carbonyl (C=O) groups is 2. The Balaban J connectivity index is 0.000000847. The molecule has 0 radical (unpaired) electrons. The molecule has 5 nitrogen and oxygen atoms in total. The third-order valence-corrected chi connectivity index (χ3v) is 4.02. The van der Waals surface area contributed by atoms with Crippen molar-refractivity contribution in [1.29, 1.82) is 0 Å². The first-order valence-electron chi connectivity index (χ1n) is 7.72. The van der Waals surface area contributed by atoms with Gasteiger partial charge in [-0.2, -0.15) is 5.10 Å². The summed E-state index contributed by atoms with van der Waals surface area (Å²) in [5, 5.41) is 5.52. The lowest BCUT2D eigenvalue weighted by Gasteiger charge is -2.26. The molecule has 0 bridgehead atoms. The van der Waals surface area contributed by atoms with E-state index < -0.39 is 0 Å². The van der Waals surface area contributed by atoms with Gasteiger partial charge in [-0.15, -0.1) is 0 Å². The quantitative estimate of drug-likeness (QED) is 0.761. The Morgan fingerprint density at radius 1 is 1.18 bits per heavy atom. The maximum atomic E-state index is 12.3. The Labute approximate surface area is 130 Å². The largest absolute Gasteiger partial charge is 0.285 e. The van der Waals surface area contributed by atoms with E-state index >= 15 is 0 Å². The number of imide groups is 1. The molecule has 1 aromatic heterocycles. The third-order valence-electron chi connectivity index (χ3n) is 4.02. The Morgan fingerprint density at radius 3 is 2.55 bits per heavy atom. The van der Waals surface area contributed by atoms with Gasteiger partial charge in [0.25, 0.3) is 0 Å². The van der Waals surface area contributed by atoms with Crippen LogP contribution in [0.25, 0.3) is 10.9 Å². The zero-order valence-electron chi connectivity index (χ0n) is 13.9. The molecule has 1 atom stereocenters. The summed E-state index contributed by atoms with van der Waals surface area (Å²) >= 11 is 0. The highest BCUT2D eigenvalue weighted by atomic mass is 16.2. The van der Waals surface area contributed by atoms with Gasteiger partial charge in [0.15, 0.2) is 0 Å². The first kappa shape index (κ1) is 16.2. The number of rotatable bonds is 1. The molecular formula is C17H23N3O2. The van der Waals surface area contributed by atoms with Crippen molar-refractivity contribution in [2.24, 2.45) is 7.05 Å². The molecule has 0 aliphatic carbocycles. The highest BCUT2D eigenvalue weighted by molar-refractivity contribution is 6.02. The fourth-order valence-electron chi connectivity index (χ4n) is 2.82. The summed E-state index contributed by atoms with van der Waals surface area (Å²) in [5.74, 6) is -0.576. The lowest BCUT2D eigenvalue weighted by atomic mass is 9.91. The lowest BCUT2D eigenvalue weighted by molar-refractivity contribution is -0.147. The number of hydrogen-bond acceptors (Lipinski definition) is 3.